The van der Waals surface area contributed by atoms with Crippen LogP contribution >= 0.6 is 0 Å². The predicted molar refractivity (Wildman–Crippen MR) is 63.8 cm³/mol. The molecule has 0 bridgehead atoms. The summed E-state index contributed by atoms with van der Waals surface area (Å²) in [5.41, 5.74) is 1.64. The van der Waals surface area contributed by atoms with Crippen LogP contribution in [0.15, 0.2) is 54.6 Å². The van der Waals surface area contributed by atoms with E-state index in [-0.39, 0.29) is 0 Å². The Bertz CT molecular complexity index is 405. The summed E-state index contributed by atoms with van der Waals surface area (Å²) in [6.45, 7) is 1.06. The van der Waals surface area contributed by atoms with E-state index in [1.807, 2.05) is 6.07 Å². The van der Waals surface area contributed by atoms with Crippen molar-refractivity contribution in [2.75, 3.05) is 11.9 Å². The van der Waals surface area contributed by atoms with E-state index in [4.69, 9.17) is 0 Å². The molecule has 1 heteroatoms. The Morgan fingerprint density at radius 3 is 2.87 bits per heavy atom. The van der Waals surface area contributed by atoms with Crippen molar-refractivity contribution < 1.29 is 0 Å². The average molecular weight is 197 g/mol. The van der Waals surface area contributed by atoms with Gasteiger partial charge in [-0.15, -0.1) is 0 Å². The highest BCUT2D eigenvalue weighted by atomic mass is 14.9. The van der Waals surface area contributed by atoms with Gasteiger partial charge in [0.25, 0.3) is 0 Å². The number of para-hydroxylation sites is 1. The second-order valence-corrected chi connectivity index (χ2v) is 4.51. The predicted octanol–water partition coefficient (Wildman–Crippen LogP) is 3.23. The van der Waals surface area contributed by atoms with Crippen molar-refractivity contribution in [1.82, 2.24) is 0 Å². The van der Waals surface area contributed by atoms with Crippen molar-refractivity contribution in [1.29, 1.82) is 0 Å². The van der Waals surface area contributed by atoms with Crippen LogP contribution < -0.4 is 5.32 Å². The summed E-state index contributed by atoms with van der Waals surface area (Å²) in [5, 5.41) is 3.51. The molecule has 0 aliphatic heterocycles. The van der Waals surface area contributed by atoms with Gasteiger partial charge in [-0.25, -0.2) is 0 Å². The number of hydrogen-bond acceptors (Lipinski definition) is 1. The molecule has 76 valence electrons. The third kappa shape index (κ3) is 1.58. The lowest BCUT2D eigenvalue weighted by Crippen LogP contribution is -2.15. The molecule has 1 aromatic rings. The minimum absolute atomic E-state index is 0.421. The van der Waals surface area contributed by atoms with Crippen LogP contribution in [0.5, 0.6) is 0 Å². The fourth-order valence-corrected chi connectivity index (χ4v) is 2.33. The van der Waals surface area contributed by atoms with E-state index in [0.29, 0.717) is 5.41 Å². The van der Waals surface area contributed by atoms with Gasteiger partial charge in [-0.2, -0.15) is 0 Å². The lowest BCUT2D eigenvalue weighted by Gasteiger charge is -2.15. The first-order chi connectivity index (χ1) is 7.39. The highest BCUT2D eigenvalue weighted by Gasteiger charge is 2.50. The number of benzene rings is 1. The number of anilines is 1. The summed E-state index contributed by atoms with van der Waals surface area (Å²) in [5.74, 6) is 0.777. The van der Waals surface area contributed by atoms with E-state index in [0.717, 1.165) is 12.5 Å². The molecule has 2 unspecified atom stereocenters. The Hall–Kier alpha value is -1.50. The lowest BCUT2D eigenvalue weighted by atomic mass is 9.99. The van der Waals surface area contributed by atoms with Crippen LogP contribution in [0.2, 0.25) is 0 Å². The molecule has 0 amide bonds. The number of nitrogens with one attached hydrogen (secondary N) is 1. The normalized spacial score (nSPS) is 31.1. The fraction of sp³-hybridized carbons (Fsp3) is 0.286. The van der Waals surface area contributed by atoms with E-state index < -0.39 is 0 Å². The zero-order valence-corrected chi connectivity index (χ0v) is 8.69. The molecular formula is C14H15N. The maximum Gasteiger partial charge on any atom is 0.0340 e. The van der Waals surface area contributed by atoms with Gasteiger partial charge in [-0.3, -0.25) is 0 Å². The van der Waals surface area contributed by atoms with Crippen molar-refractivity contribution in [3.05, 3.63) is 54.6 Å². The van der Waals surface area contributed by atoms with Gasteiger partial charge in [0.1, 0.15) is 0 Å². The highest BCUT2D eigenvalue weighted by molar-refractivity contribution is 5.44. The average Bonchev–Trinajstić information content (AvgIpc) is 3.03. The summed E-state index contributed by atoms with van der Waals surface area (Å²) >= 11 is 0. The zero-order chi connectivity index (χ0) is 10.1. The summed E-state index contributed by atoms with van der Waals surface area (Å²) in [7, 11) is 0. The third-order valence-corrected chi connectivity index (χ3v) is 3.46. The third-order valence-electron chi connectivity index (χ3n) is 3.46. The first-order valence-electron chi connectivity index (χ1n) is 5.54. The van der Waals surface area contributed by atoms with E-state index in [2.05, 4.69) is 53.9 Å². The highest BCUT2D eigenvalue weighted by Crippen LogP contribution is 2.56. The summed E-state index contributed by atoms with van der Waals surface area (Å²) in [4.78, 5) is 0. The standard InChI is InChI=1S/C14H15N/c1-2-7-13(8-3-1)15-11-14-9-5-4-6-12(14)10-14/h1-9,12,15H,10-11H2. The van der Waals surface area contributed by atoms with Gasteiger partial charge < -0.3 is 5.32 Å². The Kier molecular flexibility index (Phi) is 1.91. The first kappa shape index (κ1) is 8.78. The zero-order valence-electron chi connectivity index (χ0n) is 8.69. The maximum absolute atomic E-state index is 3.51. The monoisotopic (exact) mass is 197 g/mol. The van der Waals surface area contributed by atoms with E-state index in [1.165, 1.54) is 12.1 Å². The molecule has 1 fully saturated rings. The molecule has 3 rings (SSSR count). The van der Waals surface area contributed by atoms with Crippen molar-refractivity contribution in [2.45, 2.75) is 6.42 Å². The molecule has 1 nitrogen and oxygen atoms in total. The van der Waals surface area contributed by atoms with Crippen LogP contribution in [0, 0.1) is 11.3 Å². The maximum atomic E-state index is 3.51. The van der Waals surface area contributed by atoms with Crippen LogP contribution in [0.1, 0.15) is 6.42 Å². The van der Waals surface area contributed by atoms with Crippen LogP contribution in [0.3, 0.4) is 0 Å². The van der Waals surface area contributed by atoms with Gasteiger partial charge in [-0.05, 0) is 24.5 Å². The molecule has 2 aliphatic carbocycles. The Morgan fingerprint density at radius 2 is 2.07 bits per heavy atom. The van der Waals surface area contributed by atoms with Crippen LogP contribution in [-0.2, 0) is 0 Å². The summed E-state index contributed by atoms with van der Waals surface area (Å²) < 4.78 is 0. The molecule has 2 atom stereocenters. The van der Waals surface area contributed by atoms with Gasteiger partial charge in [-0.1, -0.05) is 42.5 Å². The van der Waals surface area contributed by atoms with Crippen LogP contribution in [0.4, 0.5) is 5.69 Å². The van der Waals surface area contributed by atoms with Crippen LogP contribution in [0.25, 0.3) is 0 Å². The van der Waals surface area contributed by atoms with E-state index in [9.17, 15) is 0 Å². The number of hydrogen-bond donors (Lipinski definition) is 1. The number of allylic oxidation sites excluding steroid dienone is 3. The molecule has 0 saturated heterocycles. The topological polar surface area (TPSA) is 12.0 Å². The van der Waals surface area contributed by atoms with Crippen molar-refractivity contribution >= 4 is 5.69 Å². The number of rotatable bonds is 3. The molecule has 1 aromatic carbocycles. The fourth-order valence-electron chi connectivity index (χ4n) is 2.33. The minimum Gasteiger partial charge on any atom is -0.384 e. The summed E-state index contributed by atoms with van der Waals surface area (Å²) in [6.07, 6.45) is 10.3. The molecule has 15 heavy (non-hydrogen) atoms. The Balaban J connectivity index is 1.64. The van der Waals surface area contributed by atoms with Gasteiger partial charge in [0.2, 0.25) is 0 Å². The van der Waals surface area contributed by atoms with Gasteiger partial charge in [0.15, 0.2) is 0 Å². The van der Waals surface area contributed by atoms with Gasteiger partial charge >= 0.3 is 0 Å². The lowest BCUT2D eigenvalue weighted by molar-refractivity contribution is 0.646. The molecule has 1 N–H and O–H groups in total. The second kappa shape index (κ2) is 3.27. The molecular weight excluding hydrogens is 182 g/mol. The number of fused-ring (bicyclic) bond motifs is 1. The van der Waals surface area contributed by atoms with Gasteiger partial charge in [0, 0.05) is 17.6 Å². The minimum atomic E-state index is 0.421. The van der Waals surface area contributed by atoms with Crippen molar-refractivity contribution in [3.63, 3.8) is 0 Å². The second-order valence-electron chi connectivity index (χ2n) is 4.51. The molecule has 1 saturated carbocycles. The van der Waals surface area contributed by atoms with Crippen LogP contribution in [-0.4, -0.2) is 6.54 Å². The largest absolute Gasteiger partial charge is 0.384 e. The molecule has 0 heterocycles. The molecule has 0 radical (unpaired) electrons. The molecule has 2 aliphatic rings. The summed E-state index contributed by atoms with van der Waals surface area (Å²) in [6, 6.07) is 10.4. The SMILES string of the molecule is C1=CC2CC2(CNc2ccccc2)C=C1. The van der Waals surface area contributed by atoms with E-state index >= 15 is 0 Å². The Morgan fingerprint density at radius 1 is 1.20 bits per heavy atom. The molecule has 0 spiro atoms. The Labute approximate surface area is 90.5 Å². The quantitative estimate of drug-likeness (QED) is 0.784. The molecule has 0 aromatic heterocycles. The first-order valence-corrected chi connectivity index (χ1v) is 5.54. The van der Waals surface area contributed by atoms with E-state index in [1.54, 1.807) is 0 Å². The van der Waals surface area contributed by atoms with Gasteiger partial charge in [0.05, 0.1) is 0 Å². The van der Waals surface area contributed by atoms with Crippen molar-refractivity contribution in [2.24, 2.45) is 11.3 Å². The smallest absolute Gasteiger partial charge is 0.0340 e. The van der Waals surface area contributed by atoms with Crippen molar-refractivity contribution in [3.8, 4) is 0 Å².